The van der Waals surface area contributed by atoms with E-state index in [1.807, 2.05) is 0 Å². The summed E-state index contributed by atoms with van der Waals surface area (Å²) in [4.78, 5) is 24.0. The lowest BCUT2D eigenvalue weighted by atomic mass is 10.1. The topological polar surface area (TPSA) is 105 Å². The van der Waals surface area contributed by atoms with E-state index in [4.69, 9.17) is 4.74 Å². The van der Waals surface area contributed by atoms with Crippen LogP contribution in [0.1, 0.15) is 44.1 Å². The number of carbonyl (C=O) groups is 2. The van der Waals surface area contributed by atoms with Crippen molar-refractivity contribution in [3.63, 3.8) is 0 Å². The summed E-state index contributed by atoms with van der Waals surface area (Å²) in [6, 6.07) is 4.23. The van der Waals surface area contributed by atoms with E-state index < -0.39 is 21.9 Å². The Hall–Kier alpha value is -2.20. The van der Waals surface area contributed by atoms with E-state index >= 15 is 0 Å². The van der Waals surface area contributed by atoms with Gasteiger partial charge >= 0.3 is 6.03 Å². The predicted molar refractivity (Wildman–Crippen MR) is 114 cm³/mol. The molecule has 1 aliphatic carbocycles. The van der Waals surface area contributed by atoms with Gasteiger partial charge in [-0.2, -0.15) is 0 Å². The highest BCUT2D eigenvalue weighted by Crippen LogP contribution is 2.32. The monoisotopic (exact) mass is 455 g/mol. The number of nitrogens with zero attached hydrogens (tertiary/aromatic N) is 1. The summed E-state index contributed by atoms with van der Waals surface area (Å²) in [5.41, 5.74) is 0.809. The van der Waals surface area contributed by atoms with Crippen LogP contribution < -0.4 is 14.8 Å². The third kappa shape index (κ3) is 8.10. The summed E-state index contributed by atoms with van der Waals surface area (Å²) in [5.74, 6) is 0.210. The van der Waals surface area contributed by atoms with Crippen molar-refractivity contribution in [2.75, 3.05) is 32.0 Å². The Kier molecular flexibility index (Phi) is 8.25. The van der Waals surface area contributed by atoms with Crippen LogP contribution in [0.2, 0.25) is 0 Å². The molecule has 0 spiro atoms. The molecule has 8 nitrogen and oxygen atoms in total. The smallest absolute Gasteiger partial charge is 0.324 e. The zero-order valence-electron chi connectivity index (χ0n) is 17.6. The molecule has 0 radical (unpaired) electrons. The van der Waals surface area contributed by atoms with Gasteiger partial charge in [-0.1, -0.05) is 25.3 Å². The summed E-state index contributed by atoms with van der Waals surface area (Å²) in [5, 5.41) is 2.21. The maximum Gasteiger partial charge on any atom is 0.324 e. The second-order valence-corrected chi connectivity index (χ2v) is 10.1. The molecule has 31 heavy (non-hydrogen) atoms. The Morgan fingerprint density at radius 2 is 2.00 bits per heavy atom. The highest BCUT2D eigenvalue weighted by Gasteiger charge is 2.25. The van der Waals surface area contributed by atoms with Crippen molar-refractivity contribution >= 4 is 22.0 Å². The summed E-state index contributed by atoms with van der Waals surface area (Å²) >= 11 is 0. The molecule has 172 valence electrons. The third-order valence-electron chi connectivity index (χ3n) is 5.42. The van der Waals surface area contributed by atoms with Crippen LogP contribution in [0.5, 0.6) is 5.75 Å². The van der Waals surface area contributed by atoms with Crippen LogP contribution in [0.25, 0.3) is 0 Å². The first-order valence-electron chi connectivity index (χ1n) is 10.8. The van der Waals surface area contributed by atoms with Crippen molar-refractivity contribution in [2.24, 2.45) is 5.92 Å². The second-order valence-electron chi connectivity index (χ2n) is 8.14. The number of amides is 3. The van der Waals surface area contributed by atoms with E-state index in [0.29, 0.717) is 44.8 Å². The average molecular weight is 456 g/mol. The van der Waals surface area contributed by atoms with Crippen molar-refractivity contribution in [3.8, 4) is 5.75 Å². The predicted octanol–water partition coefficient (Wildman–Crippen LogP) is 2.19. The normalized spacial score (nSPS) is 16.6. The van der Waals surface area contributed by atoms with Gasteiger partial charge in [-0.05, 0) is 49.3 Å². The minimum absolute atomic E-state index is 0.00290. The number of rotatable bonds is 14. The van der Waals surface area contributed by atoms with E-state index in [1.165, 1.54) is 23.8 Å². The van der Waals surface area contributed by atoms with Gasteiger partial charge in [0.1, 0.15) is 6.54 Å². The highest BCUT2D eigenvalue weighted by atomic mass is 32.2. The van der Waals surface area contributed by atoms with Crippen LogP contribution in [0, 0.1) is 11.7 Å². The third-order valence-corrected chi connectivity index (χ3v) is 6.89. The van der Waals surface area contributed by atoms with Crippen LogP contribution in [-0.2, 0) is 21.2 Å². The molecule has 0 atom stereocenters. The quantitative estimate of drug-likeness (QED) is 0.331. The lowest BCUT2D eigenvalue weighted by Crippen LogP contribution is -2.29. The molecule has 0 bridgehead atoms. The van der Waals surface area contributed by atoms with Crippen LogP contribution in [-0.4, -0.2) is 57.3 Å². The minimum atomic E-state index is -3.41. The lowest BCUT2D eigenvalue weighted by Gasteiger charge is -2.12. The van der Waals surface area contributed by atoms with E-state index in [2.05, 4.69) is 10.0 Å². The van der Waals surface area contributed by atoms with E-state index in [1.54, 1.807) is 12.1 Å². The molecule has 1 heterocycles. The van der Waals surface area contributed by atoms with Gasteiger partial charge < -0.3 is 9.64 Å². The molecule has 3 amide bonds. The molecule has 1 saturated carbocycles. The van der Waals surface area contributed by atoms with Crippen LogP contribution >= 0.6 is 0 Å². The van der Waals surface area contributed by atoms with Crippen molar-refractivity contribution < 1.29 is 27.1 Å². The maximum absolute atomic E-state index is 13.9. The second kappa shape index (κ2) is 10.9. The largest absolute Gasteiger partial charge is 0.490 e. The number of sulfonamides is 1. The van der Waals surface area contributed by atoms with Gasteiger partial charge in [-0.25, -0.2) is 22.3 Å². The van der Waals surface area contributed by atoms with Crippen LogP contribution in [0.15, 0.2) is 18.2 Å². The number of benzene rings is 1. The summed E-state index contributed by atoms with van der Waals surface area (Å²) in [7, 11) is -3.41. The van der Waals surface area contributed by atoms with Gasteiger partial charge in [0.15, 0.2) is 11.6 Å². The van der Waals surface area contributed by atoms with Crippen molar-refractivity contribution in [2.45, 2.75) is 44.9 Å². The van der Waals surface area contributed by atoms with Gasteiger partial charge in [0.05, 0.1) is 12.4 Å². The molecule has 1 aliphatic heterocycles. The molecule has 1 aromatic rings. The molecule has 2 aliphatic rings. The SMILES string of the molecule is O=C1CN(CCCCCS(=O)(=O)NCCc2ccc(F)c(OCCC3CC3)c2)C(=O)N1. The van der Waals surface area contributed by atoms with E-state index in [0.717, 1.165) is 12.0 Å². The van der Waals surface area contributed by atoms with Gasteiger partial charge in [-0.3, -0.25) is 10.1 Å². The average Bonchev–Trinajstić information content (AvgIpc) is 3.47. The Balaban J connectivity index is 1.31. The summed E-state index contributed by atoms with van der Waals surface area (Å²) in [6.07, 6.45) is 5.57. The number of carbonyl (C=O) groups excluding carboxylic acids is 2. The Labute approximate surface area is 182 Å². The first-order valence-corrected chi connectivity index (χ1v) is 12.4. The van der Waals surface area contributed by atoms with Crippen LogP contribution in [0.4, 0.5) is 9.18 Å². The minimum Gasteiger partial charge on any atom is -0.490 e. The van der Waals surface area contributed by atoms with Gasteiger partial charge in [0.25, 0.3) is 0 Å². The zero-order chi connectivity index (χ0) is 22.3. The first-order chi connectivity index (χ1) is 14.8. The standard InChI is InChI=1S/C21H30FN3O5S/c22-18-7-6-17(14-19(18)30-12-9-16-4-5-16)8-10-23-31(28,29)13-3-1-2-11-25-15-20(26)24-21(25)27/h6-7,14,16,23H,1-5,8-13,15H2,(H,24,26,27). The molecule has 2 N–H and O–H groups in total. The summed E-state index contributed by atoms with van der Waals surface area (Å²) < 4.78 is 46.3. The maximum atomic E-state index is 13.9. The lowest BCUT2D eigenvalue weighted by molar-refractivity contribution is -0.118. The molecule has 10 heteroatoms. The van der Waals surface area contributed by atoms with Crippen LogP contribution in [0.3, 0.4) is 0 Å². The molecular formula is C21H30FN3O5S. The van der Waals surface area contributed by atoms with Crippen molar-refractivity contribution in [1.82, 2.24) is 14.9 Å². The number of imide groups is 1. The number of hydrogen-bond acceptors (Lipinski definition) is 5. The molecule has 1 aromatic carbocycles. The van der Waals surface area contributed by atoms with Gasteiger partial charge in [0, 0.05) is 13.1 Å². The Morgan fingerprint density at radius 3 is 2.71 bits per heavy atom. The molecular weight excluding hydrogens is 425 g/mol. The Bertz CT molecular complexity index is 889. The fourth-order valence-corrected chi connectivity index (χ4v) is 4.56. The molecule has 2 fully saturated rings. The highest BCUT2D eigenvalue weighted by molar-refractivity contribution is 7.89. The zero-order valence-corrected chi connectivity index (χ0v) is 18.4. The molecule has 0 unspecified atom stereocenters. The van der Waals surface area contributed by atoms with Gasteiger partial charge in [-0.15, -0.1) is 0 Å². The Morgan fingerprint density at radius 1 is 1.19 bits per heavy atom. The number of unbranched alkanes of at least 4 members (excludes halogenated alkanes) is 2. The summed E-state index contributed by atoms with van der Waals surface area (Å²) in [6.45, 7) is 1.22. The number of ether oxygens (including phenoxy) is 1. The fraction of sp³-hybridized carbons (Fsp3) is 0.619. The molecule has 3 rings (SSSR count). The fourth-order valence-electron chi connectivity index (χ4n) is 3.41. The van der Waals surface area contributed by atoms with Crippen molar-refractivity contribution in [1.29, 1.82) is 0 Å². The molecule has 0 aromatic heterocycles. The number of hydrogen-bond donors (Lipinski definition) is 2. The number of nitrogens with one attached hydrogen (secondary N) is 2. The van der Waals surface area contributed by atoms with E-state index in [-0.39, 0.29) is 30.5 Å². The van der Waals surface area contributed by atoms with Crippen molar-refractivity contribution in [3.05, 3.63) is 29.6 Å². The van der Waals surface area contributed by atoms with E-state index in [9.17, 15) is 22.4 Å². The first kappa shape index (κ1) is 23.5. The number of halogens is 1. The number of urea groups is 1. The molecule has 1 saturated heterocycles. The van der Waals surface area contributed by atoms with Gasteiger partial charge in [0.2, 0.25) is 15.9 Å².